The van der Waals surface area contributed by atoms with E-state index in [2.05, 4.69) is 9.97 Å². The van der Waals surface area contributed by atoms with Crippen molar-refractivity contribution in [1.82, 2.24) is 9.97 Å². The number of aryl methyl sites for hydroxylation is 1. The van der Waals surface area contributed by atoms with E-state index >= 15 is 0 Å². The largest absolute Gasteiger partial charge is 0.488 e. The van der Waals surface area contributed by atoms with Gasteiger partial charge in [0, 0.05) is 11.6 Å². The third-order valence-corrected chi connectivity index (χ3v) is 5.67. The minimum Gasteiger partial charge on any atom is -0.488 e. The van der Waals surface area contributed by atoms with Crippen molar-refractivity contribution >= 4 is 28.4 Å². The molecule has 0 fully saturated rings. The summed E-state index contributed by atoms with van der Waals surface area (Å²) in [5, 5.41) is 9.20. The van der Waals surface area contributed by atoms with Gasteiger partial charge < -0.3 is 14.3 Å². The zero-order valence-electron chi connectivity index (χ0n) is 16.4. The fraction of sp³-hybridized carbons (Fsp3) is 0.190. The number of fused-ring (bicyclic) bond motifs is 1. The van der Waals surface area contributed by atoms with Crippen LogP contribution < -0.4 is 4.74 Å². The van der Waals surface area contributed by atoms with Crippen molar-refractivity contribution in [2.24, 2.45) is 0 Å². The van der Waals surface area contributed by atoms with Crippen LogP contribution in [0.25, 0.3) is 21.7 Å². The Morgan fingerprint density at radius 3 is 2.66 bits per heavy atom. The molecule has 0 unspecified atom stereocenters. The number of aliphatic carboxylic acids is 1. The summed E-state index contributed by atoms with van der Waals surface area (Å²) in [6, 6.07) is 7.56. The van der Waals surface area contributed by atoms with E-state index in [4.69, 9.17) is 14.3 Å². The number of carbonyl (C=O) groups is 1. The molecule has 4 aromatic rings. The van der Waals surface area contributed by atoms with Crippen LogP contribution in [0.4, 0.5) is 17.6 Å². The van der Waals surface area contributed by atoms with E-state index in [1.165, 1.54) is 17.4 Å². The summed E-state index contributed by atoms with van der Waals surface area (Å²) in [7, 11) is 0. The van der Waals surface area contributed by atoms with Crippen LogP contribution in [-0.4, -0.2) is 21.0 Å². The molecule has 0 bridgehead atoms. The van der Waals surface area contributed by atoms with Gasteiger partial charge in [0.25, 0.3) is 0 Å². The van der Waals surface area contributed by atoms with Gasteiger partial charge in [0.15, 0.2) is 5.58 Å². The Morgan fingerprint density at radius 2 is 1.97 bits per heavy atom. The third-order valence-electron chi connectivity index (χ3n) is 4.49. The smallest absolute Gasteiger partial charge is 0.419 e. The lowest BCUT2D eigenvalue weighted by Gasteiger charge is -2.08. The summed E-state index contributed by atoms with van der Waals surface area (Å²) < 4.78 is 63.3. The Hall–Kier alpha value is -3.47. The standard InChI is InChI=1S/C21H14F4N2O4S/c1-10-17(32-20(26-10)11-2-4-13(14(22)6-11)21(23,24)25)9-30-12-3-5-15-16(7-12)31-18(27-15)8-19(28)29/h2-7H,8-9H2,1H3,(H,28,29). The predicted octanol–water partition coefficient (Wildman–Crippen LogP) is 5.62. The molecule has 0 saturated carbocycles. The fourth-order valence-electron chi connectivity index (χ4n) is 2.96. The maximum absolute atomic E-state index is 13.9. The molecule has 0 aliphatic heterocycles. The van der Waals surface area contributed by atoms with E-state index in [-0.39, 0.29) is 24.5 Å². The molecule has 2 aromatic heterocycles. The first-order valence-corrected chi connectivity index (χ1v) is 9.99. The quantitative estimate of drug-likeness (QED) is 0.371. The number of ether oxygens (including phenoxy) is 1. The minimum absolute atomic E-state index is 0.0800. The maximum atomic E-state index is 13.9. The Kier molecular flexibility index (Phi) is 5.59. The number of thiazole rings is 1. The highest BCUT2D eigenvalue weighted by atomic mass is 32.1. The van der Waals surface area contributed by atoms with E-state index in [0.29, 0.717) is 38.5 Å². The number of carboxylic acid groups (broad SMARTS) is 1. The molecule has 2 heterocycles. The number of hydrogen-bond acceptors (Lipinski definition) is 6. The van der Waals surface area contributed by atoms with E-state index in [1.807, 2.05) is 0 Å². The van der Waals surface area contributed by atoms with Crippen molar-refractivity contribution < 1.29 is 36.6 Å². The second-order valence-corrected chi connectivity index (χ2v) is 7.90. The van der Waals surface area contributed by atoms with Gasteiger partial charge >= 0.3 is 12.1 Å². The molecule has 0 aliphatic rings. The van der Waals surface area contributed by atoms with Gasteiger partial charge in [0.1, 0.15) is 35.1 Å². The number of hydrogen-bond donors (Lipinski definition) is 1. The second-order valence-electron chi connectivity index (χ2n) is 6.82. The number of halogens is 4. The van der Waals surface area contributed by atoms with Gasteiger partial charge in [0.2, 0.25) is 5.89 Å². The van der Waals surface area contributed by atoms with Crippen LogP contribution >= 0.6 is 11.3 Å². The zero-order valence-corrected chi connectivity index (χ0v) is 17.2. The normalized spacial score (nSPS) is 11.8. The maximum Gasteiger partial charge on any atom is 0.419 e. The van der Waals surface area contributed by atoms with Gasteiger partial charge in [-0.1, -0.05) is 6.07 Å². The molecule has 1 N–H and O–H groups in total. The topological polar surface area (TPSA) is 85.5 Å². The van der Waals surface area contributed by atoms with Gasteiger partial charge in [-0.3, -0.25) is 4.79 Å². The molecular formula is C21H14F4N2O4S. The Morgan fingerprint density at radius 1 is 1.19 bits per heavy atom. The molecule has 11 heteroatoms. The van der Waals surface area contributed by atoms with Crippen molar-refractivity contribution in [3.05, 3.63) is 64.2 Å². The van der Waals surface area contributed by atoms with E-state index in [0.717, 1.165) is 6.07 Å². The van der Waals surface area contributed by atoms with Gasteiger partial charge in [-0.25, -0.2) is 14.4 Å². The first-order valence-electron chi connectivity index (χ1n) is 9.17. The van der Waals surface area contributed by atoms with E-state index < -0.39 is 23.5 Å². The highest BCUT2D eigenvalue weighted by molar-refractivity contribution is 7.15. The number of benzene rings is 2. The first kappa shape index (κ1) is 21.8. The Balaban J connectivity index is 1.50. The third kappa shape index (κ3) is 4.57. The monoisotopic (exact) mass is 466 g/mol. The number of carboxylic acids is 1. The lowest BCUT2D eigenvalue weighted by molar-refractivity contribution is -0.140. The van der Waals surface area contributed by atoms with Crippen LogP contribution in [0.2, 0.25) is 0 Å². The van der Waals surface area contributed by atoms with E-state index in [9.17, 15) is 22.4 Å². The fourth-order valence-corrected chi connectivity index (χ4v) is 3.93. The number of rotatable bonds is 6. The molecule has 0 radical (unpaired) electrons. The van der Waals surface area contributed by atoms with Crippen LogP contribution in [-0.2, 0) is 24.0 Å². The SMILES string of the molecule is Cc1nc(-c2ccc(C(F)(F)F)c(F)c2)sc1COc1ccc2nc(CC(=O)O)oc2c1. The average Bonchev–Trinajstić information content (AvgIpc) is 3.26. The number of aromatic nitrogens is 2. The predicted molar refractivity (Wildman–Crippen MR) is 107 cm³/mol. The summed E-state index contributed by atoms with van der Waals surface area (Å²) in [6.07, 6.45) is -5.10. The summed E-state index contributed by atoms with van der Waals surface area (Å²) in [5.74, 6) is -1.89. The number of alkyl halides is 3. The second kappa shape index (κ2) is 8.23. The van der Waals surface area contributed by atoms with Gasteiger partial charge in [-0.2, -0.15) is 13.2 Å². The van der Waals surface area contributed by atoms with Crippen LogP contribution in [0.1, 0.15) is 22.0 Å². The highest BCUT2D eigenvalue weighted by Gasteiger charge is 2.34. The Labute approximate surface area is 182 Å². The van der Waals surface area contributed by atoms with Gasteiger partial charge in [0.05, 0.1) is 16.1 Å². The van der Waals surface area contributed by atoms with Crippen molar-refractivity contribution in [3.8, 4) is 16.3 Å². The minimum atomic E-state index is -4.76. The van der Waals surface area contributed by atoms with E-state index in [1.54, 1.807) is 25.1 Å². The summed E-state index contributed by atoms with van der Waals surface area (Å²) in [5.41, 5.74) is 0.390. The lowest BCUT2D eigenvalue weighted by atomic mass is 10.1. The molecule has 0 spiro atoms. The lowest BCUT2D eigenvalue weighted by Crippen LogP contribution is -2.07. The molecule has 0 atom stereocenters. The van der Waals surface area contributed by atoms with Crippen molar-refractivity contribution in [2.45, 2.75) is 26.1 Å². The summed E-state index contributed by atoms with van der Waals surface area (Å²) in [6.45, 7) is 1.84. The number of oxazole rings is 1. The van der Waals surface area contributed by atoms with Crippen LogP contribution in [0.3, 0.4) is 0 Å². The molecule has 2 aromatic carbocycles. The van der Waals surface area contributed by atoms with Gasteiger partial charge in [-0.05, 0) is 31.2 Å². The Bertz CT molecular complexity index is 1310. The molecule has 0 amide bonds. The van der Waals surface area contributed by atoms with Crippen LogP contribution in [0.15, 0.2) is 40.8 Å². The van der Waals surface area contributed by atoms with Gasteiger partial charge in [-0.15, -0.1) is 11.3 Å². The van der Waals surface area contributed by atoms with Crippen molar-refractivity contribution in [2.75, 3.05) is 0 Å². The molecule has 0 saturated heterocycles. The average molecular weight is 466 g/mol. The van der Waals surface area contributed by atoms with Crippen molar-refractivity contribution in [1.29, 1.82) is 0 Å². The van der Waals surface area contributed by atoms with Crippen LogP contribution in [0, 0.1) is 12.7 Å². The summed E-state index contributed by atoms with van der Waals surface area (Å²) in [4.78, 5) is 19.9. The zero-order chi connectivity index (χ0) is 23.0. The summed E-state index contributed by atoms with van der Waals surface area (Å²) >= 11 is 1.18. The molecular weight excluding hydrogens is 452 g/mol. The van der Waals surface area contributed by atoms with Crippen molar-refractivity contribution in [3.63, 3.8) is 0 Å². The van der Waals surface area contributed by atoms with Crippen LogP contribution in [0.5, 0.6) is 5.75 Å². The first-order chi connectivity index (χ1) is 15.1. The number of nitrogens with zero attached hydrogens (tertiary/aromatic N) is 2. The molecule has 166 valence electrons. The molecule has 32 heavy (non-hydrogen) atoms. The molecule has 0 aliphatic carbocycles. The highest BCUT2D eigenvalue weighted by Crippen LogP contribution is 2.35. The molecule has 6 nitrogen and oxygen atoms in total. The molecule has 4 rings (SSSR count).